The fourth-order valence-electron chi connectivity index (χ4n) is 0.737. The van der Waals surface area contributed by atoms with Gasteiger partial charge in [-0.2, -0.15) is 0 Å². The number of aliphatic hydroxyl groups excluding tert-OH is 3. The van der Waals surface area contributed by atoms with Crippen LogP contribution in [0, 0.1) is 0 Å². The summed E-state index contributed by atoms with van der Waals surface area (Å²) < 4.78 is 4.86. The molecule has 17 heavy (non-hydrogen) atoms. The molecule has 0 radical (unpaired) electrons. The predicted octanol–water partition coefficient (Wildman–Crippen LogP) is -1.94. The second kappa shape index (κ2) is 13.0. The molecule has 0 aromatic carbocycles. The number of hydrogen-bond donors (Lipinski definition) is 4. The number of amides is 1. The Hall–Kier alpha value is -1.02. The van der Waals surface area contributed by atoms with Crippen LogP contribution in [-0.2, 0) is 14.3 Å². The van der Waals surface area contributed by atoms with Crippen LogP contribution in [0.25, 0.3) is 0 Å². The Balaban J connectivity index is 0. The molecule has 0 bridgehead atoms. The Kier molecular flexibility index (Phi) is 14.1. The highest BCUT2D eigenvalue weighted by Gasteiger charge is 2.19. The lowest BCUT2D eigenvalue weighted by atomic mass is 10.2. The first-order chi connectivity index (χ1) is 8.01. The number of aldehydes is 1. The third-order valence-corrected chi connectivity index (χ3v) is 1.51. The normalized spacial score (nSPS) is 13.0. The zero-order chi connectivity index (χ0) is 13.7. The van der Waals surface area contributed by atoms with Crippen molar-refractivity contribution >= 4 is 12.2 Å². The molecule has 2 atom stereocenters. The third kappa shape index (κ3) is 12.9. The molecule has 0 spiro atoms. The van der Waals surface area contributed by atoms with Gasteiger partial charge in [0.1, 0.15) is 6.29 Å². The van der Waals surface area contributed by atoms with Gasteiger partial charge >= 0.3 is 0 Å². The summed E-state index contributed by atoms with van der Waals surface area (Å²) >= 11 is 0. The van der Waals surface area contributed by atoms with Crippen LogP contribution in [0.2, 0.25) is 0 Å². The molecule has 0 aliphatic rings. The van der Waals surface area contributed by atoms with Crippen molar-refractivity contribution in [3.8, 4) is 0 Å². The van der Waals surface area contributed by atoms with Crippen LogP contribution in [-0.4, -0.2) is 66.1 Å². The first-order valence-corrected chi connectivity index (χ1v) is 5.23. The maximum Gasteiger partial charge on any atom is 0.251 e. The molecule has 4 N–H and O–H groups in total. The number of ether oxygens (including phenoxy) is 1. The summed E-state index contributed by atoms with van der Waals surface area (Å²) in [7, 11) is 0. The summed E-state index contributed by atoms with van der Waals surface area (Å²) in [6, 6.07) is 0. The SMILES string of the molecule is CC(O)C(O)C(=O)NCCOCCO.CC=O. The van der Waals surface area contributed by atoms with E-state index in [0.29, 0.717) is 0 Å². The zero-order valence-electron chi connectivity index (χ0n) is 10.1. The summed E-state index contributed by atoms with van der Waals surface area (Å²) in [5.41, 5.74) is 0. The van der Waals surface area contributed by atoms with Crippen LogP contribution in [0.3, 0.4) is 0 Å². The lowest BCUT2D eigenvalue weighted by Crippen LogP contribution is -2.42. The van der Waals surface area contributed by atoms with Crippen molar-refractivity contribution < 1.29 is 29.6 Å². The minimum absolute atomic E-state index is 0.0652. The van der Waals surface area contributed by atoms with Gasteiger partial charge in [-0.25, -0.2) is 0 Å². The highest BCUT2D eigenvalue weighted by atomic mass is 16.5. The summed E-state index contributed by atoms with van der Waals surface area (Å²) in [5.74, 6) is -0.632. The van der Waals surface area contributed by atoms with Gasteiger partial charge in [-0.15, -0.1) is 0 Å². The Labute approximate surface area is 100 Å². The minimum Gasteiger partial charge on any atom is -0.394 e. The van der Waals surface area contributed by atoms with Crippen LogP contribution < -0.4 is 5.32 Å². The molecule has 1 amide bonds. The Morgan fingerprint density at radius 2 is 1.94 bits per heavy atom. The maximum absolute atomic E-state index is 11.0. The average molecular weight is 251 g/mol. The quantitative estimate of drug-likeness (QED) is 0.309. The summed E-state index contributed by atoms with van der Waals surface area (Å²) in [4.78, 5) is 19.8. The first-order valence-electron chi connectivity index (χ1n) is 5.23. The summed E-state index contributed by atoms with van der Waals surface area (Å²) in [6.07, 6.45) is -1.75. The molecule has 0 aromatic heterocycles. The highest BCUT2D eigenvalue weighted by molar-refractivity contribution is 5.80. The van der Waals surface area contributed by atoms with E-state index in [9.17, 15) is 4.79 Å². The van der Waals surface area contributed by atoms with Crippen LogP contribution in [0.1, 0.15) is 13.8 Å². The molecular formula is C10H21NO6. The van der Waals surface area contributed by atoms with Gasteiger partial charge in [-0.3, -0.25) is 4.79 Å². The molecule has 0 aliphatic heterocycles. The van der Waals surface area contributed by atoms with Gasteiger partial charge in [0, 0.05) is 6.54 Å². The number of carbonyl (C=O) groups excluding carboxylic acids is 2. The van der Waals surface area contributed by atoms with Crippen molar-refractivity contribution in [3.05, 3.63) is 0 Å². The third-order valence-electron chi connectivity index (χ3n) is 1.51. The molecular weight excluding hydrogens is 230 g/mol. The van der Waals surface area contributed by atoms with Gasteiger partial charge in [-0.05, 0) is 13.8 Å². The van der Waals surface area contributed by atoms with E-state index in [0.717, 1.165) is 6.29 Å². The van der Waals surface area contributed by atoms with Crippen molar-refractivity contribution in [1.29, 1.82) is 0 Å². The van der Waals surface area contributed by atoms with Crippen molar-refractivity contribution in [3.63, 3.8) is 0 Å². The lowest BCUT2D eigenvalue weighted by molar-refractivity contribution is -0.134. The standard InChI is InChI=1S/C8H17NO5.C2H4O/c1-6(11)7(12)8(13)9-2-4-14-5-3-10;1-2-3/h6-7,10-12H,2-5H2,1H3,(H,9,13);2H,1H3. The van der Waals surface area contributed by atoms with Gasteiger partial charge in [-0.1, -0.05) is 0 Å². The Bertz CT molecular complexity index is 197. The van der Waals surface area contributed by atoms with Crippen LogP contribution >= 0.6 is 0 Å². The number of hydrogen-bond acceptors (Lipinski definition) is 6. The molecule has 0 heterocycles. The molecule has 0 aromatic rings. The largest absolute Gasteiger partial charge is 0.394 e. The number of nitrogens with one attached hydrogen (secondary N) is 1. The van der Waals surface area contributed by atoms with Gasteiger partial charge in [0.2, 0.25) is 0 Å². The number of carbonyl (C=O) groups is 2. The molecule has 7 heteroatoms. The lowest BCUT2D eigenvalue weighted by Gasteiger charge is -2.13. The average Bonchev–Trinajstić information content (AvgIpc) is 2.28. The van der Waals surface area contributed by atoms with Gasteiger partial charge < -0.3 is 30.2 Å². The van der Waals surface area contributed by atoms with Gasteiger partial charge in [0.05, 0.1) is 25.9 Å². The van der Waals surface area contributed by atoms with E-state index in [4.69, 9.17) is 24.9 Å². The van der Waals surface area contributed by atoms with Crippen molar-refractivity contribution in [2.45, 2.75) is 26.1 Å². The zero-order valence-corrected chi connectivity index (χ0v) is 10.1. The molecule has 0 rings (SSSR count). The van der Waals surface area contributed by atoms with Gasteiger partial charge in [0.15, 0.2) is 6.10 Å². The van der Waals surface area contributed by atoms with E-state index < -0.39 is 18.1 Å². The first kappa shape index (κ1) is 18.3. The van der Waals surface area contributed by atoms with Crippen LogP contribution in [0.15, 0.2) is 0 Å². The summed E-state index contributed by atoms with van der Waals surface area (Å²) in [6.45, 7) is 3.42. The molecule has 7 nitrogen and oxygen atoms in total. The summed E-state index contributed by atoms with van der Waals surface area (Å²) in [5, 5.41) is 28.6. The van der Waals surface area contributed by atoms with Crippen molar-refractivity contribution in [1.82, 2.24) is 5.32 Å². The van der Waals surface area contributed by atoms with Gasteiger partial charge in [0.25, 0.3) is 5.91 Å². The monoisotopic (exact) mass is 251 g/mol. The predicted molar refractivity (Wildman–Crippen MR) is 60.3 cm³/mol. The molecule has 0 aliphatic carbocycles. The molecule has 102 valence electrons. The fourth-order valence-corrected chi connectivity index (χ4v) is 0.737. The highest BCUT2D eigenvalue weighted by Crippen LogP contribution is 1.90. The second-order valence-corrected chi connectivity index (χ2v) is 3.05. The molecule has 0 saturated carbocycles. The Morgan fingerprint density at radius 3 is 2.35 bits per heavy atom. The van der Waals surface area contributed by atoms with Crippen molar-refractivity contribution in [2.24, 2.45) is 0 Å². The maximum atomic E-state index is 11.0. The van der Waals surface area contributed by atoms with E-state index in [1.54, 1.807) is 0 Å². The molecule has 2 unspecified atom stereocenters. The molecule has 0 saturated heterocycles. The Morgan fingerprint density at radius 1 is 1.41 bits per heavy atom. The number of aliphatic hydroxyl groups is 3. The number of rotatable bonds is 7. The minimum atomic E-state index is -1.41. The van der Waals surface area contributed by atoms with E-state index in [-0.39, 0.29) is 26.4 Å². The van der Waals surface area contributed by atoms with E-state index in [2.05, 4.69) is 5.32 Å². The topological polar surface area (TPSA) is 116 Å². The van der Waals surface area contributed by atoms with Crippen molar-refractivity contribution in [2.75, 3.05) is 26.4 Å². The van der Waals surface area contributed by atoms with E-state index in [1.165, 1.54) is 13.8 Å². The van der Waals surface area contributed by atoms with E-state index >= 15 is 0 Å². The van der Waals surface area contributed by atoms with E-state index in [1.807, 2.05) is 0 Å². The fraction of sp³-hybridized carbons (Fsp3) is 0.800. The second-order valence-electron chi connectivity index (χ2n) is 3.05. The van der Waals surface area contributed by atoms with Crippen LogP contribution in [0.5, 0.6) is 0 Å². The molecule has 0 fully saturated rings. The van der Waals surface area contributed by atoms with Crippen LogP contribution in [0.4, 0.5) is 0 Å². The smallest absolute Gasteiger partial charge is 0.251 e.